The van der Waals surface area contributed by atoms with Crippen molar-refractivity contribution in [2.45, 2.75) is 19.2 Å². The third-order valence-corrected chi connectivity index (χ3v) is 3.97. The summed E-state index contributed by atoms with van der Waals surface area (Å²) in [6, 6.07) is 7.53. The fraction of sp³-hybridized carbons (Fsp3) is 0.188. The molecular formula is C16H11Cl3F3NO2. The van der Waals surface area contributed by atoms with E-state index in [2.05, 4.69) is 5.32 Å². The van der Waals surface area contributed by atoms with Crippen LogP contribution in [0.15, 0.2) is 36.4 Å². The first-order valence-corrected chi connectivity index (χ1v) is 8.00. The molecule has 0 aromatic heterocycles. The van der Waals surface area contributed by atoms with Gasteiger partial charge in [-0.1, -0.05) is 34.8 Å². The second-order valence-corrected chi connectivity index (χ2v) is 6.27. The summed E-state index contributed by atoms with van der Waals surface area (Å²) in [6.07, 6.45) is -5.64. The van der Waals surface area contributed by atoms with Crippen LogP contribution in [0.5, 0.6) is 5.75 Å². The third kappa shape index (κ3) is 5.17. The molecule has 0 spiro atoms. The van der Waals surface area contributed by atoms with E-state index in [-0.39, 0.29) is 16.5 Å². The van der Waals surface area contributed by atoms with E-state index >= 15 is 0 Å². The Hall–Kier alpha value is -1.63. The first kappa shape index (κ1) is 19.7. The predicted octanol–water partition coefficient (Wildman–Crippen LogP) is 6.07. The van der Waals surface area contributed by atoms with E-state index in [4.69, 9.17) is 39.5 Å². The number of alkyl halides is 3. The van der Waals surface area contributed by atoms with E-state index in [1.807, 2.05) is 0 Å². The van der Waals surface area contributed by atoms with Crippen LogP contribution < -0.4 is 10.1 Å². The second-order valence-electron chi connectivity index (χ2n) is 5.02. The molecule has 134 valence electrons. The standard InChI is InChI=1S/C16H11Cl3F3NO2/c1-8(25-14-5-2-9(17)6-13(14)19)15(24)23-10-3-4-12(18)11(7-10)16(20,21)22/h2-8H,1H3,(H,23,24)/t8-/m1/s1. The molecule has 0 bridgehead atoms. The van der Waals surface area contributed by atoms with Gasteiger partial charge in [0.05, 0.1) is 15.6 Å². The zero-order chi connectivity index (χ0) is 18.8. The van der Waals surface area contributed by atoms with Gasteiger partial charge in [0.2, 0.25) is 0 Å². The lowest BCUT2D eigenvalue weighted by molar-refractivity contribution is -0.137. The quantitative estimate of drug-likeness (QED) is 0.662. The largest absolute Gasteiger partial charge is 0.479 e. The van der Waals surface area contributed by atoms with Gasteiger partial charge in [-0.2, -0.15) is 13.2 Å². The number of nitrogens with one attached hydrogen (secondary N) is 1. The minimum Gasteiger partial charge on any atom is -0.479 e. The summed E-state index contributed by atoms with van der Waals surface area (Å²) in [5, 5.41) is 2.49. The number of rotatable bonds is 4. The normalized spacial score (nSPS) is 12.6. The van der Waals surface area contributed by atoms with Crippen molar-refractivity contribution in [2.24, 2.45) is 0 Å². The molecule has 0 saturated heterocycles. The first-order valence-electron chi connectivity index (χ1n) is 6.87. The van der Waals surface area contributed by atoms with Crippen LogP contribution in [-0.2, 0) is 11.0 Å². The molecular weight excluding hydrogens is 402 g/mol. The van der Waals surface area contributed by atoms with Crippen molar-refractivity contribution in [1.29, 1.82) is 0 Å². The molecule has 25 heavy (non-hydrogen) atoms. The summed E-state index contributed by atoms with van der Waals surface area (Å²) in [6.45, 7) is 1.43. The number of carbonyl (C=O) groups excluding carboxylic acids is 1. The number of amides is 1. The highest BCUT2D eigenvalue weighted by atomic mass is 35.5. The Bertz CT molecular complexity index is 797. The van der Waals surface area contributed by atoms with Gasteiger partial charge in [0.25, 0.3) is 5.91 Å². The van der Waals surface area contributed by atoms with Gasteiger partial charge in [-0.15, -0.1) is 0 Å². The van der Waals surface area contributed by atoms with Crippen molar-refractivity contribution < 1.29 is 22.7 Å². The van der Waals surface area contributed by atoms with E-state index < -0.39 is 28.8 Å². The van der Waals surface area contributed by atoms with E-state index in [1.54, 1.807) is 0 Å². The molecule has 0 aliphatic heterocycles. The highest BCUT2D eigenvalue weighted by molar-refractivity contribution is 6.35. The summed E-state index contributed by atoms with van der Waals surface area (Å²) in [4.78, 5) is 12.1. The van der Waals surface area contributed by atoms with Crippen LogP contribution in [0.3, 0.4) is 0 Å². The molecule has 1 atom stereocenters. The number of ether oxygens (including phenoxy) is 1. The summed E-state index contributed by atoms with van der Waals surface area (Å²) in [5.41, 5.74) is -1.10. The van der Waals surface area contributed by atoms with E-state index in [0.29, 0.717) is 5.02 Å². The SMILES string of the molecule is C[C@@H](Oc1ccc(Cl)cc1Cl)C(=O)Nc1ccc(Cl)c(C(F)(F)F)c1. The fourth-order valence-electron chi connectivity index (χ4n) is 1.88. The van der Waals surface area contributed by atoms with E-state index in [0.717, 1.165) is 12.1 Å². The molecule has 3 nitrogen and oxygen atoms in total. The maximum Gasteiger partial charge on any atom is 0.417 e. The maximum atomic E-state index is 12.8. The number of anilines is 1. The maximum absolute atomic E-state index is 12.8. The molecule has 0 saturated carbocycles. The first-order chi connectivity index (χ1) is 11.6. The van der Waals surface area contributed by atoms with E-state index in [9.17, 15) is 18.0 Å². The van der Waals surface area contributed by atoms with Crippen LogP contribution in [0.1, 0.15) is 12.5 Å². The molecule has 2 aromatic carbocycles. The molecule has 2 rings (SSSR count). The van der Waals surface area contributed by atoms with Crippen LogP contribution in [-0.4, -0.2) is 12.0 Å². The Morgan fingerprint density at radius 3 is 2.36 bits per heavy atom. The predicted molar refractivity (Wildman–Crippen MR) is 91.6 cm³/mol. The van der Waals surface area contributed by atoms with Gasteiger partial charge in [0.1, 0.15) is 5.75 Å². The molecule has 0 radical (unpaired) electrons. The summed E-state index contributed by atoms with van der Waals surface area (Å²) in [5.74, 6) is -0.428. The number of halogens is 6. The van der Waals surface area contributed by atoms with Crippen molar-refractivity contribution >= 4 is 46.4 Å². The molecule has 0 aliphatic carbocycles. The van der Waals surface area contributed by atoms with Gasteiger partial charge < -0.3 is 10.1 Å². The Morgan fingerprint density at radius 2 is 1.76 bits per heavy atom. The lowest BCUT2D eigenvalue weighted by Gasteiger charge is -2.17. The van der Waals surface area contributed by atoms with Crippen molar-refractivity contribution in [3.63, 3.8) is 0 Å². The topological polar surface area (TPSA) is 38.3 Å². The molecule has 0 fully saturated rings. The Balaban J connectivity index is 2.11. The van der Waals surface area contributed by atoms with Crippen molar-refractivity contribution in [3.05, 3.63) is 57.0 Å². The van der Waals surface area contributed by atoms with Gasteiger partial charge >= 0.3 is 6.18 Å². The lowest BCUT2D eigenvalue weighted by atomic mass is 10.2. The number of benzene rings is 2. The van der Waals surface area contributed by atoms with Crippen molar-refractivity contribution in [2.75, 3.05) is 5.32 Å². The van der Waals surface area contributed by atoms with E-state index in [1.165, 1.54) is 31.2 Å². The van der Waals surface area contributed by atoms with Crippen LogP contribution in [0.25, 0.3) is 0 Å². The van der Waals surface area contributed by atoms with Crippen LogP contribution in [0, 0.1) is 0 Å². The molecule has 1 N–H and O–H groups in total. The molecule has 9 heteroatoms. The zero-order valence-corrected chi connectivity index (χ0v) is 14.9. The monoisotopic (exact) mass is 411 g/mol. The van der Waals surface area contributed by atoms with Crippen LogP contribution in [0.4, 0.5) is 18.9 Å². The number of carbonyl (C=O) groups is 1. The third-order valence-electron chi connectivity index (χ3n) is 3.11. The average Bonchev–Trinajstić information content (AvgIpc) is 2.50. The van der Waals surface area contributed by atoms with Gasteiger partial charge in [-0.3, -0.25) is 4.79 Å². The van der Waals surface area contributed by atoms with Gasteiger partial charge in [0.15, 0.2) is 6.10 Å². The minimum absolute atomic E-state index is 0.0561. The summed E-state index contributed by atoms with van der Waals surface area (Å²) >= 11 is 17.2. The van der Waals surface area contributed by atoms with Crippen LogP contribution in [0.2, 0.25) is 15.1 Å². The smallest absolute Gasteiger partial charge is 0.417 e. The molecule has 0 unspecified atom stereocenters. The summed E-state index contributed by atoms with van der Waals surface area (Å²) in [7, 11) is 0. The Labute approximate surface area is 156 Å². The Kier molecular flexibility index (Phi) is 6.08. The van der Waals surface area contributed by atoms with Crippen LogP contribution >= 0.6 is 34.8 Å². The molecule has 0 aliphatic rings. The Morgan fingerprint density at radius 1 is 1.08 bits per heavy atom. The molecule has 0 heterocycles. The van der Waals surface area contributed by atoms with Crippen molar-refractivity contribution in [1.82, 2.24) is 0 Å². The van der Waals surface area contributed by atoms with Crippen molar-refractivity contribution in [3.8, 4) is 5.75 Å². The second kappa shape index (κ2) is 7.72. The molecule has 1 amide bonds. The zero-order valence-electron chi connectivity index (χ0n) is 12.6. The van der Waals surface area contributed by atoms with Gasteiger partial charge in [-0.05, 0) is 43.3 Å². The summed E-state index contributed by atoms with van der Waals surface area (Å²) < 4.78 is 43.9. The molecule has 2 aromatic rings. The van der Waals surface area contributed by atoms with Gasteiger partial charge in [0, 0.05) is 10.7 Å². The average molecular weight is 413 g/mol. The lowest BCUT2D eigenvalue weighted by Crippen LogP contribution is -2.30. The number of hydrogen-bond donors (Lipinski definition) is 1. The highest BCUT2D eigenvalue weighted by Gasteiger charge is 2.33. The highest BCUT2D eigenvalue weighted by Crippen LogP contribution is 2.36. The van der Waals surface area contributed by atoms with Gasteiger partial charge in [-0.25, -0.2) is 0 Å². The number of hydrogen-bond acceptors (Lipinski definition) is 2. The minimum atomic E-state index is -4.63. The fourth-order valence-corrected chi connectivity index (χ4v) is 2.56.